The van der Waals surface area contributed by atoms with Crippen LogP contribution >= 0.6 is 0 Å². The Hall–Kier alpha value is -4.33. The fourth-order valence-corrected chi connectivity index (χ4v) is 3.35. The number of hydrogen-bond donors (Lipinski definition) is 4. The Morgan fingerprint density at radius 1 is 0.379 bits per heavy atom. The summed E-state index contributed by atoms with van der Waals surface area (Å²) in [4.78, 5) is 18.5. The Labute approximate surface area is 299 Å². The second kappa shape index (κ2) is 16.0. The molecule has 4 N–H and O–H groups in total. The van der Waals surface area contributed by atoms with Crippen LogP contribution in [0.15, 0.2) is 43.5 Å². The number of alkyl halides is 27. The van der Waals surface area contributed by atoms with E-state index >= 15 is 0 Å². The third kappa shape index (κ3) is 9.26. The van der Waals surface area contributed by atoms with E-state index in [4.69, 9.17) is 10.2 Å². The summed E-state index contributed by atoms with van der Waals surface area (Å²) in [5.41, 5.74) is -26.8. The van der Waals surface area contributed by atoms with Crippen LogP contribution in [0.25, 0.3) is 0 Å². The number of carboxylic acids is 2. The Bertz CT molecular complexity index is 1540. The Morgan fingerprint density at radius 3 is 0.759 bits per heavy atom. The van der Waals surface area contributed by atoms with Crippen molar-refractivity contribution in [2.45, 2.75) is 77.6 Å². The Kier molecular flexibility index (Phi) is 15.4. The molecule has 0 aliphatic heterocycles. The molecule has 0 fully saturated rings. The first-order valence-electron chi connectivity index (χ1n) is 12.8. The number of hydrogen-bond acceptors (Lipinski definition) is 4. The third-order valence-corrected chi connectivity index (χ3v) is 6.45. The van der Waals surface area contributed by atoms with Crippen molar-refractivity contribution in [3.63, 3.8) is 0 Å². The number of rotatable bonds is 10. The van der Waals surface area contributed by atoms with Crippen LogP contribution in [0.5, 0.6) is 0 Å². The van der Waals surface area contributed by atoms with Crippen molar-refractivity contribution in [1.29, 1.82) is 0 Å². The maximum absolute atomic E-state index is 14.7. The fraction of sp³-hybridized carbons (Fsp3) is 0.520. The molecule has 0 aliphatic rings. The number of aliphatic hydroxyl groups is 2. The number of aliphatic carboxylic acids is 2. The predicted octanol–water partition coefficient (Wildman–Crippen LogP) is 9.66. The quantitative estimate of drug-likeness (QED) is 0.137. The molecule has 6 nitrogen and oxygen atoms in total. The maximum atomic E-state index is 14.7. The van der Waals surface area contributed by atoms with Gasteiger partial charge in [0.05, 0.1) is 0 Å². The van der Waals surface area contributed by atoms with Crippen molar-refractivity contribution in [2.24, 2.45) is 0 Å². The van der Waals surface area contributed by atoms with Gasteiger partial charge in [-0.3, -0.25) is 0 Å². The number of carboxylic acid groups (broad SMARTS) is 2. The average Bonchev–Trinajstić information content (AvgIpc) is 3.00. The van der Waals surface area contributed by atoms with Crippen molar-refractivity contribution in [2.75, 3.05) is 0 Å². The van der Waals surface area contributed by atoms with Gasteiger partial charge < -0.3 is 20.4 Å². The van der Waals surface area contributed by atoms with Crippen LogP contribution in [0.2, 0.25) is 0 Å². The summed E-state index contributed by atoms with van der Waals surface area (Å²) in [6, 6.07) is -6.41. The highest BCUT2D eigenvalue weighted by Gasteiger charge is 2.93. The summed E-state index contributed by atoms with van der Waals surface area (Å²) < 4.78 is 362. The molecule has 1 rings (SSSR count). The van der Waals surface area contributed by atoms with Crippen LogP contribution < -0.4 is 0 Å². The van der Waals surface area contributed by atoms with Gasteiger partial charge >= 0.3 is 78.4 Å². The first-order chi connectivity index (χ1) is 24.9. The minimum Gasteiger partial charge on any atom is -0.478 e. The highest BCUT2D eigenvalue weighted by atomic mass is 19.4. The second-order valence-electron chi connectivity index (χ2n) is 10.2. The third-order valence-electron chi connectivity index (χ3n) is 6.45. The topological polar surface area (TPSA) is 115 Å². The van der Waals surface area contributed by atoms with Crippen LogP contribution in [0.1, 0.15) is 16.7 Å². The summed E-state index contributed by atoms with van der Waals surface area (Å²) in [5.74, 6) is -55.1. The van der Waals surface area contributed by atoms with E-state index < -0.39 is 124 Å². The summed E-state index contributed by atoms with van der Waals surface area (Å²) >= 11 is 0. The zero-order valence-electron chi connectivity index (χ0n) is 26.1. The van der Waals surface area contributed by atoms with Gasteiger partial charge in [-0.2, -0.15) is 119 Å². The SMILES string of the molecule is C=CC(=O)O.C=CC(=O)O.OC(c1cc(C(F)(F)C(F)(F)C(F)(F)C(F)(F)C(F)(F)C(F)(F)C(F)(F)F)cc(C(O)(C(F)(F)F)C(F)(F)F)c1)(C(F)(F)F)C(F)(F)F. The number of halogens is 27. The monoisotopic (exact) mass is 922 g/mol. The standard InChI is InChI=1S/C19H5F27O2.2C3H4O2/c20-9(21,10(22,23)11(24,25)12(26,27)13(28,29)14(30,31)19(44,45)46)6-2-4(7(47,15(32,33)34)16(35,36)37)1-5(3-6)8(48,17(38,39)40)18(41,42)43;2*1-2-3(4)5/h1-3,47-48H;2*2H,1H2,(H,4,5). The van der Waals surface area contributed by atoms with E-state index in [1.807, 2.05) is 0 Å². The van der Waals surface area contributed by atoms with Crippen molar-refractivity contribution < 1.29 is 149 Å². The van der Waals surface area contributed by atoms with Crippen LogP contribution in [0.4, 0.5) is 119 Å². The Balaban J connectivity index is 0. The first kappa shape index (κ1) is 55.8. The smallest absolute Gasteiger partial charge is 0.460 e. The highest BCUT2D eigenvalue weighted by Crippen LogP contribution is 2.64. The minimum atomic E-state index is -9.19. The molecule has 0 heterocycles. The van der Waals surface area contributed by atoms with Gasteiger partial charge in [0.2, 0.25) is 0 Å². The van der Waals surface area contributed by atoms with Gasteiger partial charge in [0.15, 0.2) is 0 Å². The van der Waals surface area contributed by atoms with Gasteiger partial charge in [-0.05, 0) is 18.2 Å². The van der Waals surface area contributed by atoms with Crippen molar-refractivity contribution in [1.82, 2.24) is 0 Å². The molecule has 1 aromatic rings. The molecule has 0 amide bonds. The lowest BCUT2D eigenvalue weighted by Gasteiger charge is -2.42. The largest absolute Gasteiger partial charge is 0.478 e. The molecule has 0 unspecified atom stereocenters. The van der Waals surface area contributed by atoms with E-state index in [-0.39, 0.29) is 0 Å². The second-order valence-corrected chi connectivity index (χ2v) is 10.2. The lowest BCUT2D eigenvalue weighted by atomic mass is 9.81. The van der Waals surface area contributed by atoms with Crippen molar-refractivity contribution >= 4 is 11.9 Å². The van der Waals surface area contributed by atoms with Gasteiger partial charge in [-0.15, -0.1) is 0 Å². The van der Waals surface area contributed by atoms with Gasteiger partial charge in [0.25, 0.3) is 11.2 Å². The molecule has 0 saturated heterocycles. The van der Waals surface area contributed by atoms with E-state index in [1.165, 1.54) is 0 Å². The van der Waals surface area contributed by atoms with E-state index in [1.54, 1.807) is 0 Å². The number of carbonyl (C=O) groups is 2. The summed E-state index contributed by atoms with van der Waals surface area (Å²) in [6.45, 7) is 5.92. The molecule has 0 aromatic heterocycles. The lowest BCUT2D eigenvalue weighted by Crippen LogP contribution is -2.72. The van der Waals surface area contributed by atoms with E-state index in [2.05, 4.69) is 13.2 Å². The lowest BCUT2D eigenvalue weighted by molar-refractivity contribution is -0.453. The zero-order valence-corrected chi connectivity index (χ0v) is 26.1. The molecule has 0 saturated carbocycles. The number of benzene rings is 1. The summed E-state index contributed by atoms with van der Waals surface area (Å²) in [7, 11) is 0. The Morgan fingerprint density at radius 2 is 0.569 bits per heavy atom. The van der Waals surface area contributed by atoms with Gasteiger partial charge in [-0.1, -0.05) is 13.2 Å². The van der Waals surface area contributed by atoms with E-state index in [9.17, 15) is 138 Å². The maximum Gasteiger partial charge on any atom is 0.460 e. The molecular weight excluding hydrogens is 909 g/mol. The van der Waals surface area contributed by atoms with Gasteiger partial charge in [0, 0.05) is 28.8 Å². The van der Waals surface area contributed by atoms with Crippen LogP contribution in [0.3, 0.4) is 0 Å². The molecule has 58 heavy (non-hydrogen) atoms. The minimum absolute atomic E-state index is 0.833. The predicted molar refractivity (Wildman–Crippen MR) is 129 cm³/mol. The van der Waals surface area contributed by atoms with Crippen molar-refractivity contribution in [3.05, 3.63) is 60.2 Å². The molecule has 1 aromatic carbocycles. The first-order valence-corrected chi connectivity index (χ1v) is 12.8. The zero-order chi connectivity index (χ0) is 47.9. The normalized spacial score (nSPS) is 14.7. The van der Waals surface area contributed by atoms with Gasteiger partial charge in [-0.25, -0.2) is 9.59 Å². The van der Waals surface area contributed by atoms with Crippen LogP contribution in [-0.4, -0.2) is 92.9 Å². The molecule has 338 valence electrons. The van der Waals surface area contributed by atoms with E-state index in [0.717, 1.165) is 12.2 Å². The molecule has 33 heteroatoms. The molecular formula is C25H13F27O6. The molecule has 0 spiro atoms. The molecule has 0 bridgehead atoms. The molecule has 0 radical (unpaired) electrons. The average molecular weight is 922 g/mol. The molecule has 0 aliphatic carbocycles. The van der Waals surface area contributed by atoms with Crippen LogP contribution in [-0.2, 0) is 26.7 Å². The van der Waals surface area contributed by atoms with E-state index in [0.29, 0.717) is 0 Å². The summed E-state index contributed by atoms with van der Waals surface area (Å²) in [6.07, 6.45) is -37.0. The van der Waals surface area contributed by atoms with Crippen LogP contribution in [0, 0.1) is 0 Å². The van der Waals surface area contributed by atoms with Gasteiger partial charge in [0.1, 0.15) is 0 Å². The fourth-order valence-electron chi connectivity index (χ4n) is 3.35. The molecule has 0 atom stereocenters. The van der Waals surface area contributed by atoms with Crippen molar-refractivity contribution in [3.8, 4) is 0 Å². The highest BCUT2D eigenvalue weighted by molar-refractivity contribution is 5.79. The summed E-state index contributed by atoms with van der Waals surface area (Å²) in [5, 5.41) is 33.7.